The number of amides is 1. The summed E-state index contributed by atoms with van der Waals surface area (Å²) in [5, 5.41) is 2.52. The smallest absolute Gasteiger partial charge is 0.407 e. The summed E-state index contributed by atoms with van der Waals surface area (Å²) < 4.78 is 31.4. The lowest BCUT2D eigenvalue weighted by Crippen LogP contribution is -2.32. The molecule has 0 aliphatic heterocycles. The number of rotatable bonds is 2. The van der Waals surface area contributed by atoms with E-state index in [2.05, 4.69) is 17.2 Å². The zero-order valence-electron chi connectivity index (χ0n) is 12.2. The van der Waals surface area contributed by atoms with E-state index in [-0.39, 0.29) is 17.8 Å². The monoisotopic (exact) mass is 296 g/mol. The first-order valence-electron chi connectivity index (χ1n) is 6.39. The normalized spacial score (nSPS) is 10.5. The Kier molecular flexibility index (Phi) is 5.53. The highest BCUT2D eigenvalue weighted by Gasteiger charge is 2.15. The van der Waals surface area contributed by atoms with Gasteiger partial charge in [-0.2, -0.15) is 0 Å². The predicted molar refractivity (Wildman–Crippen MR) is 76.5 cm³/mol. The number of benzene rings is 1. The molecule has 0 atom stereocenters. The molecule has 6 heteroatoms. The lowest BCUT2D eigenvalue weighted by molar-refractivity contribution is 0.0529. The fourth-order valence-corrected chi connectivity index (χ4v) is 1.36. The van der Waals surface area contributed by atoms with Crippen molar-refractivity contribution in [3.63, 3.8) is 0 Å². The van der Waals surface area contributed by atoms with Crippen LogP contribution in [0.2, 0.25) is 0 Å². The Bertz CT molecular complexity index is 584. The molecule has 0 heterocycles. The third kappa shape index (κ3) is 6.13. The summed E-state index contributed by atoms with van der Waals surface area (Å²) in [4.78, 5) is 11.3. The van der Waals surface area contributed by atoms with Crippen molar-refractivity contribution in [2.45, 2.75) is 32.8 Å². The highest BCUT2D eigenvalue weighted by Crippen LogP contribution is 2.15. The van der Waals surface area contributed by atoms with Gasteiger partial charge in [0.2, 0.25) is 0 Å². The summed E-state index contributed by atoms with van der Waals surface area (Å²) in [7, 11) is 0. The molecule has 1 rings (SSSR count). The number of nitrogen functional groups attached to an aromatic ring is 1. The zero-order chi connectivity index (χ0) is 16.0. The van der Waals surface area contributed by atoms with Crippen molar-refractivity contribution in [2.75, 3.05) is 12.3 Å². The number of nitrogens with one attached hydrogen (secondary N) is 1. The maximum Gasteiger partial charge on any atom is 0.407 e. The second-order valence-corrected chi connectivity index (χ2v) is 5.33. The number of anilines is 1. The van der Waals surface area contributed by atoms with E-state index < -0.39 is 23.3 Å². The summed E-state index contributed by atoms with van der Waals surface area (Å²) >= 11 is 0. The minimum atomic E-state index is -0.815. The van der Waals surface area contributed by atoms with Gasteiger partial charge in [0.05, 0.1) is 11.3 Å². The number of carbonyl (C=O) groups is 1. The second-order valence-electron chi connectivity index (χ2n) is 5.33. The number of hydrogen-bond acceptors (Lipinski definition) is 3. The van der Waals surface area contributed by atoms with Gasteiger partial charge in [0.25, 0.3) is 0 Å². The molecule has 0 unspecified atom stereocenters. The molecule has 4 nitrogen and oxygen atoms in total. The molecule has 1 amide bonds. The van der Waals surface area contributed by atoms with E-state index in [1.165, 1.54) is 0 Å². The molecule has 114 valence electrons. The maximum absolute atomic E-state index is 13.4. The molecule has 0 saturated carbocycles. The van der Waals surface area contributed by atoms with Crippen LogP contribution in [0.3, 0.4) is 0 Å². The molecule has 1 aromatic carbocycles. The Morgan fingerprint density at radius 1 is 1.33 bits per heavy atom. The topological polar surface area (TPSA) is 64.3 Å². The molecule has 0 bridgehead atoms. The highest BCUT2D eigenvalue weighted by atomic mass is 19.1. The van der Waals surface area contributed by atoms with Gasteiger partial charge in [0, 0.05) is 19.0 Å². The standard InChI is InChI=1S/C15H18F2N2O2/c1-15(2,3)21-14(20)19-7-5-4-6-10-8-13(18)12(17)9-11(10)16/h8-9H,5,7,18H2,1-3H3,(H,19,20). The van der Waals surface area contributed by atoms with E-state index in [1.807, 2.05) is 0 Å². The summed E-state index contributed by atoms with van der Waals surface area (Å²) in [6.45, 7) is 5.54. The first-order chi connectivity index (χ1) is 9.69. The zero-order valence-corrected chi connectivity index (χ0v) is 12.2. The van der Waals surface area contributed by atoms with Gasteiger partial charge < -0.3 is 15.8 Å². The molecule has 0 spiro atoms. The van der Waals surface area contributed by atoms with E-state index in [4.69, 9.17) is 10.5 Å². The lowest BCUT2D eigenvalue weighted by Gasteiger charge is -2.19. The van der Waals surface area contributed by atoms with Crippen molar-refractivity contribution in [3.05, 3.63) is 29.3 Å². The van der Waals surface area contributed by atoms with Crippen molar-refractivity contribution < 1.29 is 18.3 Å². The molecule has 3 N–H and O–H groups in total. The Labute approximate surface area is 122 Å². The third-order valence-electron chi connectivity index (χ3n) is 2.23. The van der Waals surface area contributed by atoms with Gasteiger partial charge in [-0.15, -0.1) is 0 Å². The van der Waals surface area contributed by atoms with Gasteiger partial charge in [0.1, 0.15) is 17.2 Å². The maximum atomic E-state index is 13.4. The number of halogens is 2. The van der Waals surface area contributed by atoms with Crippen LogP contribution in [0.4, 0.5) is 19.3 Å². The van der Waals surface area contributed by atoms with Crippen LogP contribution in [0, 0.1) is 23.5 Å². The fraction of sp³-hybridized carbons (Fsp3) is 0.400. The molecule has 0 aliphatic rings. The molecule has 21 heavy (non-hydrogen) atoms. The van der Waals surface area contributed by atoms with Crippen LogP contribution in [0.25, 0.3) is 0 Å². The molecule has 1 aromatic rings. The second kappa shape index (κ2) is 6.93. The largest absolute Gasteiger partial charge is 0.444 e. The Hall–Kier alpha value is -2.29. The summed E-state index contributed by atoms with van der Waals surface area (Å²) in [5.41, 5.74) is 4.63. The number of hydrogen-bond donors (Lipinski definition) is 2. The van der Waals surface area contributed by atoms with E-state index in [1.54, 1.807) is 20.8 Å². The summed E-state index contributed by atoms with van der Waals surface area (Å²) in [5.74, 6) is 3.62. The van der Waals surface area contributed by atoms with Gasteiger partial charge in [-0.05, 0) is 26.8 Å². The highest BCUT2D eigenvalue weighted by molar-refractivity contribution is 5.67. The van der Waals surface area contributed by atoms with Gasteiger partial charge >= 0.3 is 6.09 Å². The Morgan fingerprint density at radius 3 is 2.62 bits per heavy atom. The van der Waals surface area contributed by atoms with Crippen LogP contribution in [0.15, 0.2) is 12.1 Å². The van der Waals surface area contributed by atoms with Crippen LogP contribution in [0.1, 0.15) is 32.8 Å². The number of carbonyl (C=O) groups excluding carboxylic acids is 1. The average molecular weight is 296 g/mol. The van der Waals surface area contributed by atoms with E-state index in [9.17, 15) is 13.6 Å². The van der Waals surface area contributed by atoms with Crippen LogP contribution < -0.4 is 11.1 Å². The number of alkyl carbamates (subject to hydrolysis) is 1. The van der Waals surface area contributed by atoms with Crippen molar-refractivity contribution in [1.82, 2.24) is 5.32 Å². The Morgan fingerprint density at radius 2 is 2.00 bits per heavy atom. The van der Waals surface area contributed by atoms with Gasteiger partial charge in [0.15, 0.2) is 0 Å². The lowest BCUT2D eigenvalue weighted by atomic mass is 10.2. The average Bonchev–Trinajstić information content (AvgIpc) is 2.32. The minimum absolute atomic E-state index is 0.0196. The van der Waals surface area contributed by atoms with Crippen molar-refractivity contribution in [3.8, 4) is 11.8 Å². The van der Waals surface area contributed by atoms with Crippen LogP contribution in [-0.4, -0.2) is 18.2 Å². The van der Waals surface area contributed by atoms with Crippen LogP contribution in [0.5, 0.6) is 0 Å². The molecular weight excluding hydrogens is 278 g/mol. The van der Waals surface area contributed by atoms with Gasteiger partial charge in [-0.3, -0.25) is 0 Å². The van der Waals surface area contributed by atoms with Crippen molar-refractivity contribution in [2.24, 2.45) is 0 Å². The van der Waals surface area contributed by atoms with Gasteiger partial charge in [-0.25, -0.2) is 13.6 Å². The SMILES string of the molecule is CC(C)(C)OC(=O)NCCC#Cc1cc(N)c(F)cc1F. The summed E-state index contributed by atoms with van der Waals surface area (Å²) in [6, 6.07) is 1.83. The summed E-state index contributed by atoms with van der Waals surface area (Å²) in [6.07, 6.45) is -0.239. The van der Waals surface area contributed by atoms with E-state index >= 15 is 0 Å². The number of ether oxygens (including phenoxy) is 1. The van der Waals surface area contributed by atoms with Crippen molar-refractivity contribution >= 4 is 11.8 Å². The predicted octanol–water partition coefficient (Wildman–Crippen LogP) is 2.81. The first-order valence-corrected chi connectivity index (χ1v) is 6.39. The molecular formula is C15H18F2N2O2. The number of nitrogens with two attached hydrogens (primary N) is 1. The van der Waals surface area contributed by atoms with Gasteiger partial charge in [-0.1, -0.05) is 11.8 Å². The molecule has 0 radical (unpaired) electrons. The molecule has 0 aromatic heterocycles. The van der Waals surface area contributed by atoms with Crippen molar-refractivity contribution in [1.29, 1.82) is 0 Å². The third-order valence-corrected chi connectivity index (χ3v) is 2.23. The van der Waals surface area contributed by atoms with Crippen LogP contribution in [-0.2, 0) is 4.74 Å². The molecule has 0 aliphatic carbocycles. The molecule has 0 saturated heterocycles. The molecule has 0 fully saturated rings. The fourth-order valence-electron chi connectivity index (χ4n) is 1.36. The first kappa shape index (κ1) is 16.8. The van der Waals surface area contributed by atoms with Crippen LogP contribution >= 0.6 is 0 Å². The van der Waals surface area contributed by atoms with E-state index in [0.717, 1.165) is 6.07 Å². The Balaban J connectivity index is 2.48. The van der Waals surface area contributed by atoms with E-state index in [0.29, 0.717) is 12.5 Å². The quantitative estimate of drug-likeness (QED) is 0.501. The minimum Gasteiger partial charge on any atom is -0.444 e.